The molecule has 0 bridgehead atoms. The summed E-state index contributed by atoms with van der Waals surface area (Å²) < 4.78 is 5.50. The molecule has 1 saturated heterocycles. The van der Waals surface area contributed by atoms with Crippen LogP contribution in [0.5, 0.6) is 0 Å². The fourth-order valence-corrected chi connectivity index (χ4v) is 3.60. The third-order valence-corrected chi connectivity index (χ3v) is 5.04. The predicted octanol–water partition coefficient (Wildman–Crippen LogP) is 1.86. The lowest BCUT2D eigenvalue weighted by atomic mass is 10.2. The summed E-state index contributed by atoms with van der Waals surface area (Å²) in [5.74, 6) is 1.37. The van der Waals surface area contributed by atoms with Crippen molar-refractivity contribution >= 4 is 17.3 Å². The van der Waals surface area contributed by atoms with Crippen molar-refractivity contribution in [3.8, 4) is 0 Å². The highest BCUT2D eigenvalue weighted by Crippen LogP contribution is 2.13. The minimum absolute atomic E-state index is 0.343. The molecule has 1 aromatic heterocycles. The van der Waals surface area contributed by atoms with Crippen molar-refractivity contribution in [2.24, 2.45) is 10.9 Å². The first-order valence-electron chi connectivity index (χ1n) is 9.62. The van der Waals surface area contributed by atoms with Crippen molar-refractivity contribution < 1.29 is 9.84 Å². The smallest absolute Gasteiger partial charge is 0.194 e. The molecule has 0 saturated carbocycles. The maximum atomic E-state index is 10.1. The van der Waals surface area contributed by atoms with Gasteiger partial charge in [-0.3, -0.25) is 9.89 Å². The van der Waals surface area contributed by atoms with E-state index >= 15 is 0 Å². The molecule has 1 fully saturated rings. The average Bonchev–Trinajstić information content (AvgIpc) is 3.12. The van der Waals surface area contributed by atoms with E-state index in [4.69, 9.17) is 4.74 Å². The first-order valence-corrected chi connectivity index (χ1v) is 10.5. The van der Waals surface area contributed by atoms with Crippen LogP contribution in [0.1, 0.15) is 25.6 Å². The normalized spacial score (nSPS) is 17.7. The van der Waals surface area contributed by atoms with Crippen LogP contribution in [-0.4, -0.2) is 79.5 Å². The van der Waals surface area contributed by atoms with Gasteiger partial charge in [0.15, 0.2) is 5.96 Å². The number of aliphatic hydroxyl groups is 1. The fourth-order valence-electron chi connectivity index (χ4n) is 2.85. The molecule has 1 aliphatic rings. The molecule has 26 heavy (non-hydrogen) atoms. The molecule has 2 N–H and O–H groups in total. The van der Waals surface area contributed by atoms with Crippen molar-refractivity contribution in [1.82, 2.24) is 15.1 Å². The molecule has 1 unspecified atom stereocenters. The Balaban J connectivity index is 1.77. The van der Waals surface area contributed by atoms with Gasteiger partial charge >= 0.3 is 0 Å². The van der Waals surface area contributed by atoms with Crippen LogP contribution in [0.4, 0.5) is 0 Å². The maximum absolute atomic E-state index is 10.1. The highest BCUT2D eigenvalue weighted by molar-refractivity contribution is 7.09. The summed E-state index contributed by atoms with van der Waals surface area (Å²) in [6.45, 7) is 13.5. The van der Waals surface area contributed by atoms with Gasteiger partial charge in [-0.05, 0) is 24.3 Å². The van der Waals surface area contributed by atoms with Gasteiger partial charge in [0.2, 0.25) is 0 Å². The largest absolute Gasteiger partial charge is 0.389 e. The molecule has 148 valence electrons. The van der Waals surface area contributed by atoms with E-state index in [1.54, 1.807) is 0 Å². The van der Waals surface area contributed by atoms with Crippen LogP contribution in [0.25, 0.3) is 0 Å². The zero-order chi connectivity index (χ0) is 18.8. The molecule has 1 aliphatic heterocycles. The van der Waals surface area contributed by atoms with Crippen LogP contribution >= 0.6 is 11.3 Å². The lowest BCUT2D eigenvalue weighted by Crippen LogP contribution is -2.52. The number of hydrogen-bond donors (Lipinski definition) is 2. The van der Waals surface area contributed by atoms with E-state index in [-0.39, 0.29) is 0 Å². The zero-order valence-electron chi connectivity index (χ0n) is 16.4. The van der Waals surface area contributed by atoms with Gasteiger partial charge in [0, 0.05) is 50.8 Å². The van der Waals surface area contributed by atoms with Gasteiger partial charge in [0.05, 0.1) is 19.3 Å². The first kappa shape index (κ1) is 21.2. The molecule has 1 aromatic rings. The number of nitrogens with zero attached hydrogens (tertiary/aromatic N) is 3. The van der Waals surface area contributed by atoms with Gasteiger partial charge in [-0.2, -0.15) is 0 Å². The average molecular weight is 383 g/mol. The summed E-state index contributed by atoms with van der Waals surface area (Å²) in [5.41, 5.74) is 0. The summed E-state index contributed by atoms with van der Waals surface area (Å²) in [6.07, 6.45) is -0.553. The first-order chi connectivity index (χ1) is 12.6. The van der Waals surface area contributed by atoms with Gasteiger partial charge in [0.1, 0.15) is 0 Å². The Morgan fingerprint density at radius 2 is 2.08 bits per heavy atom. The van der Waals surface area contributed by atoms with Gasteiger partial charge in [-0.1, -0.05) is 19.9 Å². The Morgan fingerprint density at radius 1 is 1.31 bits per heavy atom. The Labute approximate surface area is 161 Å². The number of aliphatic hydroxyl groups excluding tert-OH is 1. The highest BCUT2D eigenvalue weighted by Gasteiger charge is 2.20. The van der Waals surface area contributed by atoms with Crippen LogP contribution in [0.3, 0.4) is 0 Å². The molecule has 0 radical (unpaired) electrons. The monoisotopic (exact) mass is 382 g/mol. The van der Waals surface area contributed by atoms with Gasteiger partial charge in [-0.15, -0.1) is 11.3 Å². The molecule has 0 aliphatic carbocycles. The number of guanidine groups is 1. The van der Waals surface area contributed by atoms with Crippen molar-refractivity contribution in [3.63, 3.8) is 0 Å². The van der Waals surface area contributed by atoms with E-state index in [2.05, 4.69) is 58.4 Å². The molecule has 6 nitrogen and oxygen atoms in total. The molecule has 2 rings (SSSR count). The Kier molecular flexibility index (Phi) is 9.39. The minimum Gasteiger partial charge on any atom is -0.389 e. The Morgan fingerprint density at radius 3 is 2.69 bits per heavy atom. The van der Waals surface area contributed by atoms with Crippen LogP contribution in [0.15, 0.2) is 22.5 Å². The van der Waals surface area contributed by atoms with E-state index in [0.717, 1.165) is 45.2 Å². The standard InChI is InChI=1S/C19H34N4O2S/c1-4-20-19(21-12-17(24)15-25-14-16(2)3)23-9-7-22(8-10-23)13-18-6-5-11-26-18/h5-6,11,16-17,24H,4,7-10,12-15H2,1-3H3,(H,20,21). The molecule has 2 heterocycles. The Bertz CT molecular complexity index is 514. The summed E-state index contributed by atoms with van der Waals surface area (Å²) in [4.78, 5) is 10.8. The molecule has 7 heteroatoms. The van der Waals surface area contributed by atoms with Crippen molar-refractivity contribution in [2.75, 3.05) is 52.5 Å². The molecule has 0 aromatic carbocycles. The number of rotatable bonds is 9. The Hall–Kier alpha value is -1.15. The molecule has 0 spiro atoms. The number of nitrogens with one attached hydrogen (secondary N) is 1. The predicted molar refractivity (Wildman–Crippen MR) is 109 cm³/mol. The number of thiophene rings is 1. The quantitative estimate of drug-likeness (QED) is 0.504. The van der Waals surface area contributed by atoms with Gasteiger partial charge in [0.25, 0.3) is 0 Å². The minimum atomic E-state index is -0.553. The third-order valence-electron chi connectivity index (χ3n) is 4.18. The van der Waals surface area contributed by atoms with Crippen molar-refractivity contribution in [2.45, 2.75) is 33.4 Å². The van der Waals surface area contributed by atoms with E-state index in [1.165, 1.54) is 4.88 Å². The molecule has 1 atom stereocenters. The molecule has 0 amide bonds. The van der Waals surface area contributed by atoms with Crippen LogP contribution < -0.4 is 5.32 Å². The molecular formula is C19H34N4O2S. The second-order valence-corrected chi connectivity index (χ2v) is 8.15. The lowest BCUT2D eigenvalue weighted by molar-refractivity contribution is 0.0300. The number of hydrogen-bond acceptors (Lipinski definition) is 5. The summed E-state index contributed by atoms with van der Waals surface area (Å²) in [6, 6.07) is 4.31. The number of piperazine rings is 1. The van der Waals surface area contributed by atoms with Crippen molar-refractivity contribution in [3.05, 3.63) is 22.4 Å². The summed E-state index contributed by atoms with van der Waals surface area (Å²) >= 11 is 1.82. The second kappa shape index (κ2) is 11.5. The second-order valence-electron chi connectivity index (χ2n) is 7.12. The van der Waals surface area contributed by atoms with Crippen LogP contribution in [0, 0.1) is 5.92 Å². The van der Waals surface area contributed by atoms with E-state index < -0.39 is 6.10 Å². The van der Waals surface area contributed by atoms with E-state index in [9.17, 15) is 5.11 Å². The SMILES string of the molecule is CCNC(=NCC(O)COCC(C)C)N1CCN(Cc2cccs2)CC1. The lowest BCUT2D eigenvalue weighted by Gasteiger charge is -2.36. The van der Waals surface area contributed by atoms with Crippen LogP contribution in [-0.2, 0) is 11.3 Å². The topological polar surface area (TPSA) is 60.3 Å². The number of ether oxygens (including phenoxy) is 1. The van der Waals surface area contributed by atoms with E-state index in [0.29, 0.717) is 25.7 Å². The number of aliphatic imine (C=N–C) groups is 1. The molecular weight excluding hydrogens is 348 g/mol. The highest BCUT2D eigenvalue weighted by atomic mass is 32.1. The maximum Gasteiger partial charge on any atom is 0.194 e. The van der Waals surface area contributed by atoms with Crippen molar-refractivity contribution in [1.29, 1.82) is 0 Å². The van der Waals surface area contributed by atoms with Gasteiger partial charge in [-0.25, -0.2) is 0 Å². The van der Waals surface area contributed by atoms with E-state index in [1.807, 2.05) is 11.3 Å². The van der Waals surface area contributed by atoms with Gasteiger partial charge < -0.3 is 20.1 Å². The summed E-state index contributed by atoms with van der Waals surface area (Å²) in [7, 11) is 0. The third kappa shape index (κ3) is 7.61. The zero-order valence-corrected chi connectivity index (χ0v) is 17.2. The summed E-state index contributed by atoms with van der Waals surface area (Å²) in [5, 5.41) is 15.6. The fraction of sp³-hybridized carbons (Fsp3) is 0.737. The van der Waals surface area contributed by atoms with Crippen LogP contribution in [0.2, 0.25) is 0 Å².